The summed E-state index contributed by atoms with van der Waals surface area (Å²) in [7, 11) is 4.14. The Balaban J connectivity index is 1.44. The quantitative estimate of drug-likeness (QED) is 0.815. The number of carbonyl (C=O) groups excluding carboxylic acids is 1. The topological polar surface area (TPSA) is 54.3 Å². The van der Waals surface area contributed by atoms with Gasteiger partial charge >= 0.3 is 0 Å². The molecule has 6 heteroatoms. The van der Waals surface area contributed by atoms with Gasteiger partial charge in [-0.3, -0.25) is 4.79 Å². The molecule has 1 aliphatic heterocycles. The highest BCUT2D eigenvalue weighted by Crippen LogP contribution is 2.40. The lowest BCUT2D eigenvalue weighted by molar-refractivity contribution is 0.0710. The summed E-state index contributed by atoms with van der Waals surface area (Å²) >= 11 is 0. The normalized spacial score (nSPS) is 18.3. The van der Waals surface area contributed by atoms with E-state index in [9.17, 15) is 4.79 Å². The van der Waals surface area contributed by atoms with Crippen LogP contribution >= 0.6 is 0 Å². The van der Waals surface area contributed by atoms with Crippen LogP contribution in [0, 0.1) is 6.92 Å². The second-order valence-electron chi connectivity index (χ2n) is 8.25. The van der Waals surface area contributed by atoms with Gasteiger partial charge in [-0.15, -0.1) is 10.2 Å². The number of likely N-dealkylation sites (tertiary alicyclic amines) is 1. The molecule has 4 rings (SSSR count). The third-order valence-corrected chi connectivity index (χ3v) is 5.61. The van der Waals surface area contributed by atoms with E-state index in [-0.39, 0.29) is 5.91 Å². The SMILES string of the molecule is Cc1ccc(C(=O)N2CCC(c3nnc(CN(C)C)n3C3CC3)CC2)cc1. The maximum absolute atomic E-state index is 12.8. The predicted octanol–water partition coefficient (Wildman–Crippen LogP) is 3.00. The average Bonchev–Trinajstić information content (AvgIpc) is 3.42. The van der Waals surface area contributed by atoms with Gasteiger partial charge in [0.2, 0.25) is 0 Å². The number of hydrogen-bond donors (Lipinski definition) is 0. The maximum atomic E-state index is 12.8. The molecule has 1 aliphatic carbocycles. The number of nitrogens with zero attached hydrogens (tertiary/aromatic N) is 5. The molecule has 0 N–H and O–H groups in total. The van der Waals surface area contributed by atoms with E-state index in [1.165, 1.54) is 18.4 Å². The minimum atomic E-state index is 0.144. The zero-order valence-corrected chi connectivity index (χ0v) is 16.6. The first kappa shape index (κ1) is 18.2. The number of rotatable bonds is 5. The molecule has 2 heterocycles. The lowest BCUT2D eigenvalue weighted by Crippen LogP contribution is -2.38. The Morgan fingerprint density at radius 1 is 1.07 bits per heavy atom. The van der Waals surface area contributed by atoms with Crippen LogP contribution in [0.1, 0.15) is 65.2 Å². The van der Waals surface area contributed by atoms with Gasteiger partial charge in [0.15, 0.2) is 0 Å². The van der Waals surface area contributed by atoms with Crippen molar-refractivity contribution in [3.63, 3.8) is 0 Å². The number of piperidine rings is 1. The van der Waals surface area contributed by atoms with Crippen molar-refractivity contribution in [2.45, 2.75) is 51.1 Å². The molecular formula is C21H29N5O. The molecule has 27 heavy (non-hydrogen) atoms. The van der Waals surface area contributed by atoms with Crippen molar-refractivity contribution in [3.8, 4) is 0 Å². The molecule has 1 saturated carbocycles. The molecule has 0 bridgehead atoms. The fourth-order valence-electron chi connectivity index (χ4n) is 3.96. The van der Waals surface area contributed by atoms with E-state index in [1.807, 2.05) is 36.1 Å². The average molecular weight is 367 g/mol. The van der Waals surface area contributed by atoms with Crippen LogP contribution in [0.15, 0.2) is 24.3 Å². The van der Waals surface area contributed by atoms with E-state index < -0.39 is 0 Å². The van der Waals surface area contributed by atoms with Crippen LogP contribution in [-0.4, -0.2) is 57.7 Å². The number of amides is 1. The standard InChI is InChI=1S/C21H29N5O/c1-15-4-6-17(7-5-15)21(27)25-12-10-16(11-13-25)20-23-22-19(14-24(2)3)26(20)18-8-9-18/h4-7,16,18H,8-14H2,1-3H3. The molecule has 1 amide bonds. The fraction of sp³-hybridized carbons (Fsp3) is 0.571. The molecule has 1 aromatic carbocycles. The van der Waals surface area contributed by atoms with Crippen molar-refractivity contribution in [3.05, 3.63) is 47.0 Å². The third kappa shape index (κ3) is 3.90. The molecule has 144 valence electrons. The summed E-state index contributed by atoms with van der Waals surface area (Å²) in [5.41, 5.74) is 1.96. The van der Waals surface area contributed by atoms with Crippen LogP contribution in [0.2, 0.25) is 0 Å². The van der Waals surface area contributed by atoms with Gasteiger partial charge in [0.05, 0.1) is 6.54 Å². The largest absolute Gasteiger partial charge is 0.339 e. The first-order valence-corrected chi connectivity index (χ1v) is 9.97. The van der Waals surface area contributed by atoms with Crippen molar-refractivity contribution >= 4 is 5.91 Å². The van der Waals surface area contributed by atoms with E-state index in [1.54, 1.807) is 0 Å². The molecule has 2 aliphatic rings. The summed E-state index contributed by atoms with van der Waals surface area (Å²) in [6.45, 7) is 4.45. The van der Waals surface area contributed by atoms with Crippen LogP contribution in [0.4, 0.5) is 0 Å². The molecule has 1 aromatic heterocycles. The maximum Gasteiger partial charge on any atom is 0.253 e. The molecule has 1 saturated heterocycles. The lowest BCUT2D eigenvalue weighted by Gasteiger charge is -2.32. The van der Waals surface area contributed by atoms with E-state index in [0.29, 0.717) is 12.0 Å². The molecule has 6 nitrogen and oxygen atoms in total. The Morgan fingerprint density at radius 2 is 1.74 bits per heavy atom. The Labute approximate surface area is 161 Å². The van der Waals surface area contributed by atoms with Crippen LogP contribution in [0.25, 0.3) is 0 Å². The van der Waals surface area contributed by atoms with Gasteiger partial charge in [0.1, 0.15) is 11.6 Å². The van der Waals surface area contributed by atoms with Gasteiger partial charge in [-0.1, -0.05) is 17.7 Å². The summed E-state index contributed by atoms with van der Waals surface area (Å²) in [5, 5.41) is 9.07. The fourth-order valence-corrected chi connectivity index (χ4v) is 3.96. The highest BCUT2D eigenvalue weighted by molar-refractivity contribution is 5.94. The van der Waals surface area contributed by atoms with Crippen LogP contribution in [-0.2, 0) is 6.54 Å². The number of carbonyl (C=O) groups is 1. The number of aromatic nitrogens is 3. The van der Waals surface area contributed by atoms with E-state index >= 15 is 0 Å². The molecule has 0 radical (unpaired) electrons. The summed E-state index contributed by atoms with van der Waals surface area (Å²) < 4.78 is 2.39. The molecule has 0 unspecified atom stereocenters. The Morgan fingerprint density at radius 3 is 2.33 bits per heavy atom. The summed E-state index contributed by atoms with van der Waals surface area (Å²) in [6.07, 6.45) is 4.39. The monoisotopic (exact) mass is 367 g/mol. The Hall–Kier alpha value is -2.21. The van der Waals surface area contributed by atoms with Crippen LogP contribution in [0.3, 0.4) is 0 Å². The molecule has 0 atom stereocenters. The Kier molecular flexibility index (Phi) is 5.00. The third-order valence-electron chi connectivity index (χ3n) is 5.61. The highest BCUT2D eigenvalue weighted by Gasteiger charge is 2.34. The summed E-state index contributed by atoms with van der Waals surface area (Å²) in [5.74, 6) is 2.76. The summed E-state index contributed by atoms with van der Waals surface area (Å²) in [4.78, 5) is 16.9. The van der Waals surface area contributed by atoms with Gasteiger partial charge in [-0.05, 0) is 58.8 Å². The van der Waals surface area contributed by atoms with Gasteiger partial charge in [0.25, 0.3) is 5.91 Å². The number of aryl methyl sites for hydroxylation is 1. The van der Waals surface area contributed by atoms with E-state index in [0.717, 1.165) is 49.7 Å². The first-order chi connectivity index (χ1) is 13.0. The highest BCUT2D eigenvalue weighted by atomic mass is 16.2. The zero-order valence-electron chi connectivity index (χ0n) is 16.6. The minimum absolute atomic E-state index is 0.144. The smallest absolute Gasteiger partial charge is 0.253 e. The van der Waals surface area contributed by atoms with Crippen molar-refractivity contribution in [1.82, 2.24) is 24.6 Å². The van der Waals surface area contributed by atoms with Crippen molar-refractivity contribution < 1.29 is 4.79 Å². The van der Waals surface area contributed by atoms with Crippen LogP contribution < -0.4 is 0 Å². The lowest BCUT2D eigenvalue weighted by atomic mass is 9.95. The predicted molar refractivity (Wildman–Crippen MR) is 105 cm³/mol. The van der Waals surface area contributed by atoms with E-state index in [2.05, 4.69) is 33.8 Å². The van der Waals surface area contributed by atoms with E-state index in [4.69, 9.17) is 0 Å². The number of benzene rings is 1. The van der Waals surface area contributed by atoms with Crippen molar-refractivity contribution in [2.24, 2.45) is 0 Å². The summed E-state index contributed by atoms with van der Waals surface area (Å²) in [6, 6.07) is 8.45. The molecule has 2 aromatic rings. The van der Waals surface area contributed by atoms with Gasteiger partial charge in [-0.2, -0.15) is 0 Å². The number of hydrogen-bond acceptors (Lipinski definition) is 4. The Bertz CT molecular complexity index is 798. The van der Waals surface area contributed by atoms with Gasteiger partial charge in [0, 0.05) is 30.6 Å². The van der Waals surface area contributed by atoms with Crippen LogP contribution in [0.5, 0.6) is 0 Å². The zero-order chi connectivity index (χ0) is 19.0. The van der Waals surface area contributed by atoms with Gasteiger partial charge in [-0.25, -0.2) is 0 Å². The first-order valence-electron chi connectivity index (χ1n) is 9.97. The molecule has 2 fully saturated rings. The second-order valence-corrected chi connectivity index (χ2v) is 8.25. The minimum Gasteiger partial charge on any atom is -0.339 e. The second kappa shape index (κ2) is 7.43. The van der Waals surface area contributed by atoms with Crippen molar-refractivity contribution in [2.75, 3.05) is 27.2 Å². The molecule has 0 spiro atoms. The molecular weight excluding hydrogens is 338 g/mol. The van der Waals surface area contributed by atoms with Gasteiger partial charge < -0.3 is 14.4 Å². The van der Waals surface area contributed by atoms with Crippen molar-refractivity contribution in [1.29, 1.82) is 0 Å².